The van der Waals surface area contributed by atoms with Gasteiger partial charge in [-0.05, 0) is 30.7 Å². The molecule has 1 aliphatic heterocycles. The Bertz CT molecular complexity index is 1090. The van der Waals surface area contributed by atoms with Crippen molar-refractivity contribution in [2.45, 2.75) is 51.5 Å². The summed E-state index contributed by atoms with van der Waals surface area (Å²) in [7, 11) is 0. The fraction of sp³-hybridized carbons (Fsp3) is 0.429. The zero-order valence-corrected chi connectivity index (χ0v) is 18.0. The van der Waals surface area contributed by atoms with Gasteiger partial charge in [0.05, 0.1) is 11.7 Å². The molecule has 6 nitrogen and oxygen atoms in total. The minimum Gasteiger partial charge on any atom is -0.337 e. The number of rotatable bonds is 6. The zero-order chi connectivity index (χ0) is 20.5. The molecule has 0 aliphatic carbocycles. The van der Waals surface area contributed by atoms with Crippen molar-refractivity contribution in [2.24, 2.45) is 0 Å². The van der Waals surface area contributed by atoms with Crippen molar-refractivity contribution in [1.82, 2.24) is 14.6 Å². The van der Waals surface area contributed by atoms with Gasteiger partial charge in [-0.2, -0.15) is 4.52 Å². The number of hydrogen-bond acceptors (Lipinski definition) is 6. The van der Waals surface area contributed by atoms with Crippen LogP contribution in [-0.2, 0) is 11.2 Å². The Kier molecular flexibility index (Phi) is 5.69. The van der Waals surface area contributed by atoms with Crippen molar-refractivity contribution < 1.29 is 4.79 Å². The minimum atomic E-state index is -0.353. The molecular weight excluding hydrogens is 408 g/mol. The molecule has 4 rings (SSSR count). The lowest BCUT2D eigenvalue weighted by Gasteiger charge is -2.22. The van der Waals surface area contributed by atoms with E-state index >= 15 is 0 Å². The molecule has 2 aromatic heterocycles. The van der Waals surface area contributed by atoms with E-state index in [9.17, 15) is 9.59 Å². The highest BCUT2D eigenvalue weighted by Gasteiger charge is 2.33. The number of benzene rings is 1. The van der Waals surface area contributed by atoms with Crippen LogP contribution in [0.4, 0.5) is 5.13 Å². The molecule has 3 heterocycles. The van der Waals surface area contributed by atoms with Crippen LogP contribution in [0.3, 0.4) is 0 Å². The predicted octanol–water partition coefficient (Wildman–Crippen LogP) is 4.10. The van der Waals surface area contributed by atoms with Crippen molar-refractivity contribution in [3.63, 3.8) is 0 Å². The number of anilines is 1. The van der Waals surface area contributed by atoms with E-state index in [-0.39, 0.29) is 28.3 Å². The Labute approximate surface area is 178 Å². The Hall–Kier alpha value is -2.25. The third-order valence-electron chi connectivity index (χ3n) is 5.29. The Morgan fingerprint density at radius 3 is 2.79 bits per heavy atom. The molecule has 0 unspecified atom stereocenters. The summed E-state index contributed by atoms with van der Waals surface area (Å²) >= 11 is 7.56. The topological polar surface area (TPSA) is 67.6 Å². The number of carbonyl (C=O) groups excluding carboxylic acids is 1. The smallest absolute Gasteiger partial charge is 0.294 e. The number of ketones is 1. The molecule has 152 valence electrons. The number of fused-ring (bicyclic) bond motifs is 1. The van der Waals surface area contributed by atoms with E-state index in [1.165, 1.54) is 15.9 Å². The quantitative estimate of drug-likeness (QED) is 0.589. The van der Waals surface area contributed by atoms with Crippen LogP contribution < -0.4 is 10.5 Å². The summed E-state index contributed by atoms with van der Waals surface area (Å²) in [4.78, 5) is 32.6. The first-order chi connectivity index (χ1) is 14.0. The zero-order valence-electron chi connectivity index (χ0n) is 16.5. The Balaban J connectivity index is 1.58. The summed E-state index contributed by atoms with van der Waals surface area (Å²) in [5, 5.41) is 5.23. The van der Waals surface area contributed by atoms with Gasteiger partial charge in [0.25, 0.3) is 5.56 Å². The van der Waals surface area contributed by atoms with Gasteiger partial charge in [-0.1, -0.05) is 67.1 Å². The molecule has 0 spiro atoms. The summed E-state index contributed by atoms with van der Waals surface area (Å²) < 4.78 is 1.26. The first-order valence-electron chi connectivity index (χ1n) is 9.88. The van der Waals surface area contributed by atoms with Gasteiger partial charge >= 0.3 is 0 Å². The molecule has 1 aromatic carbocycles. The molecule has 29 heavy (non-hydrogen) atoms. The largest absolute Gasteiger partial charge is 0.337 e. The molecule has 0 bridgehead atoms. The van der Waals surface area contributed by atoms with Crippen LogP contribution in [0.2, 0.25) is 5.02 Å². The second-order valence-electron chi connectivity index (χ2n) is 7.65. The van der Waals surface area contributed by atoms with Gasteiger partial charge in [0.15, 0.2) is 5.78 Å². The van der Waals surface area contributed by atoms with Gasteiger partial charge in [0.1, 0.15) is 5.02 Å². The summed E-state index contributed by atoms with van der Waals surface area (Å²) in [6, 6.07) is 9.84. The maximum Gasteiger partial charge on any atom is 0.294 e. The molecule has 1 saturated heterocycles. The Morgan fingerprint density at radius 2 is 2.07 bits per heavy atom. The van der Waals surface area contributed by atoms with Crippen molar-refractivity contribution in [1.29, 1.82) is 0 Å². The molecular formula is C21H23ClN4O2S. The van der Waals surface area contributed by atoms with E-state index in [0.29, 0.717) is 22.2 Å². The number of Topliss-reactive ketones (excluding diaryl/α,β-unsaturated/α-hetero) is 1. The summed E-state index contributed by atoms with van der Waals surface area (Å²) in [5.41, 5.74) is 1.40. The molecule has 0 radical (unpaired) electrons. The molecule has 1 aliphatic rings. The average molecular weight is 431 g/mol. The van der Waals surface area contributed by atoms with E-state index < -0.39 is 0 Å². The number of aryl methyl sites for hydroxylation is 1. The lowest BCUT2D eigenvalue weighted by molar-refractivity contribution is -0.120. The first-order valence-corrected chi connectivity index (χ1v) is 11.1. The number of carbonyl (C=O) groups is 1. The predicted molar refractivity (Wildman–Crippen MR) is 116 cm³/mol. The van der Waals surface area contributed by atoms with Gasteiger partial charge < -0.3 is 4.90 Å². The van der Waals surface area contributed by atoms with Crippen LogP contribution >= 0.6 is 22.9 Å². The number of nitrogens with zero attached hydrogens (tertiary/aromatic N) is 4. The van der Waals surface area contributed by atoms with Crippen molar-refractivity contribution >= 4 is 38.8 Å². The van der Waals surface area contributed by atoms with E-state index in [1.807, 2.05) is 49.1 Å². The fourth-order valence-electron chi connectivity index (χ4n) is 3.74. The van der Waals surface area contributed by atoms with Crippen LogP contribution in [0, 0.1) is 0 Å². The third kappa shape index (κ3) is 3.94. The third-order valence-corrected chi connectivity index (χ3v) is 6.59. The SMILES string of the molecule is CC(C)c1nc2sc(N3CCC[C@@H]3C(=O)CCc3ccccc3)nn2c(=O)c1Cl. The van der Waals surface area contributed by atoms with E-state index in [0.717, 1.165) is 31.4 Å². The molecule has 0 amide bonds. The van der Waals surface area contributed by atoms with E-state index in [4.69, 9.17) is 11.6 Å². The van der Waals surface area contributed by atoms with Crippen molar-refractivity contribution in [3.05, 3.63) is 57.0 Å². The van der Waals surface area contributed by atoms with Crippen LogP contribution in [0.25, 0.3) is 4.96 Å². The van der Waals surface area contributed by atoms with Gasteiger partial charge in [-0.15, -0.1) is 5.10 Å². The van der Waals surface area contributed by atoms with Crippen molar-refractivity contribution in [2.75, 3.05) is 11.4 Å². The van der Waals surface area contributed by atoms with Gasteiger partial charge in [-0.3, -0.25) is 9.59 Å². The van der Waals surface area contributed by atoms with E-state index in [1.54, 1.807) is 0 Å². The summed E-state index contributed by atoms with van der Waals surface area (Å²) in [5.74, 6) is 0.261. The maximum absolute atomic E-state index is 12.9. The fourth-order valence-corrected chi connectivity index (χ4v) is 5.05. The lowest BCUT2D eigenvalue weighted by atomic mass is 10.0. The molecule has 0 N–H and O–H groups in total. The number of halogens is 1. The molecule has 0 saturated carbocycles. The second-order valence-corrected chi connectivity index (χ2v) is 8.97. The van der Waals surface area contributed by atoms with Gasteiger partial charge in [-0.25, -0.2) is 4.98 Å². The van der Waals surface area contributed by atoms with Crippen LogP contribution in [0.5, 0.6) is 0 Å². The van der Waals surface area contributed by atoms with Gasteiger partial charge in [0, 0.05) is 13.0 Å². The van der Waals surface area contributed by atoms with Crippen LogP contribution in [-0.4, -0.2) is 33.0 Å². The molecule has 8 heteroatoms. The highest BCUT2D eigenvalue weighted by atomic mass is 35.5. The first kappa shape index (κ1) is 20.0. The van der Waals surface area contributed by atoms with Crippen LogP contribution in [0.15, 0.2) is 35.1 Å². The highest BCUT2D eigenvalue weighted by Crippen LogP contribution is 2.31. The van der Waals surface area contributed by atoms with Crippen LogP contribution in [0.1, 0.15) is 50.3 Å². The second kappa shape index (κ2) is 8.24. The number of aromatic nitrogens is 3. The normalized spacial score (nSPS) is 16.8. The summed E-state index contributed by atoms with van der Waals surface area (Å²) in [6.45, 7) is 4.66. The number of hydrogen-bond donors (Lipinski definition) is 0. The molecule has 1 atom stereocenters. The average Bonchev–Trinajstić information content (AvgIpc) is 3.36. The standard InChI is InChI=1S/C21H23ClN4O2S/c1-13(2)18-17(22)19(28)26-20(23-18)29-21(24-26)25-12-6-9-15(25)16(27)11-10-14-7-4-3-5-8-14/h3-5,7-8,13,15H,6,9-12H2,1-2H3/t15-/m1/s1. The lowest BCUT2D eigenvalue weighted by Crippen LogP contribution is -2.36. The highest BCUT2D eigenvalue weighted by molar-refractivity contribution is 7.20. The monoisotopic (exact) mass is 430 g/mol. The molecule has 1 fully saturated rings. The minimum absolute atomic E-state index is 0.0462. The van der Waals surface area contributed by atoms with Crippen molar-refractivity contribution in [3.8, 4) is 0 Å². The summed E-state index contributed by atoms with van der Waals surface area (Å²) in [6.07, 6.45) is 2.97. The van der Waals surface area contributed by atoms with E-state index in [2.05, 4.69) is 10.1 Å². The molecule has 3 aromatic rings. The maximum atomic E-state index is 12.9. The Morgan fingerprint density at radius 1 is 1.31 bits per heavy atom. The van der Waals surface area contributed by atoms with Gasteiger partial charge in [0.2, 0.25) is 10.1 Å².